The van der Waals surface area contributed by atoms with E-state index in [-0.39, 0.29) is 14.5 Å². The molecule has 0 N–H and O–H groups in total. The number of hydrogen-bond acceptors (Lipinski definition) is 2. The molecule has 0 aliphatic rings. The van der Waals surface area contributed by atoms with Crippen LogP contribution in [0.2, 0.25) is 0 Å². The highest BCUT2D eigenvalue weighted by molar-refractivity contribution is 9.11. The first kappa shape index (κ1) is 11.6. The van der Waals surface area contributed by atoms with Crippen molar-refractivity contribution in [2.24, 2.45) is 0 Å². The number of methoxy groups -OCH3 is 1. The molecule has 0 atom stereocenters. The van der Waals surface area contributed by atoms with E-state index in [9.17, 15) is 13.6 Å². The average molecular weight is 330 g/mol. The van der Waals surface area contributed by atoms with Gasteiger partial charge in [-0.25, -0.2) is 13.6 Å². The number of rotatable bonds is 1. The van der Waals surface area contributed by atoms with Crippen molar-refractivity contribution in [3.05, 3.63) is 32.2 Å². The van der Waals surface area contributed by atoms with Crippen LogP contribution >= 0.6 is 31.9 Å². The van der Waals surface area contributed by atoms with E-state index in [1.165, 1.54) is 0 Å². The zero-order chi connectivity index (χ0) is 10.9. The Kier molecular flexibility index (Phi) is 3.60. The van der Waals surface area contributed by atoms with Crippen molar-refractivity contribution in [2.75, 3.05) is 7.11 Å². The molecule has 6 heteroatoms. The van der Waals surface area contributed by atoms with Crippen LogP contribution in [0.4, 0.5) is 8.78 Å². The summed E-state index contributed by atoms with van der Waals surface area (Å²) >= 11 is 5.55. The second-order valence-electron chi connectivity index (χ2n) is 2.33. The predicted octanol–water partition coefficient (Wildman–Crippen LogP) is 3.28. The SMILES string of the molecule is COC(=O)c1c(Br)cc(F)c(Br)c1F. The van der Waals surface area contributed by atoms with E-state index in [0.717, 1.165) is 13.2 Å². The Morgan fingerprint density at radius 2 is 2.00 bits per heavy atom. The number of carbonyl (C=O) groups excluding carboxylic acids is 1. The van der Waals surface area contributed by atoms with Gasteiger partial charge in [0.1, 0.15) is 11.4 Å². The summed E-state index contributed by atoms with van der Waals surface area (Å²) < 4.78 is 30.2. The third-order valence-corrected chi connectivity index (χ3v) is 2.86. The minimum atomic E-state index is -0.983. The lowest BCUT2D eigenvalue weighted by atomic mass is 10.2. The van der Waals surface area contributed by atoms with Gasteiger partial charge in [-0.1, -0.05) is 0 Å². The first-order chi connectivity index (χ1) is 6.49. The lowest BCUT2D eigenvalue weighted by Crippen LogP contribution is -2.07. The molecule has 14 heavy (non-hydrogen) atoms. The van der Waals surface area contributed by atoms with Crippen molar-refractivity contribution in [3.63, 3.8) is 0 Å². The van der Waals surface area contributed by atoms with Gasteiger partial charge in [0, 0.05) is 4.47 Å². The smallest absolute Gasteiger partial charge is 0.342 e. The van der Waals surface area contributed by atoms with E-state index < -0.39 is 17.6 Å². The largest absolute Gasteiger partial charge is 0.465 e. The minimum absolute atomic E-state index is 0.0163. The van der Waals surface area contributed by atoms with Crippen LogP contribution in [0.5, 0.6) is 0 Å². The maximum Gasteiger partial charge on any atom is 0.342 e. The molecule has 0 heterocycles. The molecule has 0 spiro atoms. The number of esters is 1. The molecule has 76 valence electrons. The lowest BCUT2D eigenvalue weighted by molar-refractivity contribution is 0.0594. The van der Waals surface area contributed by atoms with E-state index >= 15 is 0 Å². The standard InChI is InChI=1S/C8H4Br2F2O2/c1-14-8(13)5-3(9)2-4(11)6(10)7(5)12/h2H,1H3. The monoisotopic (exact) mass is 328 g/mol. The summed E-state index contributed by atoms with van der Waals surface area (Å²) in [5.41, 5.74) is -0.333. The molecule has 0 radical (unpaired) electrons. The Bertz CT molecular complexity index is 393. The van der Waals surface area contributed by atoms with Gasteiger partial charge in [-0.05, 0) is 37.9 Å². The number of halogens is 4. The molecular formula is C8H4Br2F2O2. The fraction of sp³-hybridized carbons (Fsp3) is 0.125. The summed E-state index contributed by atoms with van der Waals surface area (Å²) in [4.78, 5) is 11.1. The molecule has 1 aromatic rings. The first-order valence-corrected chi connectivity index (χ1v) is 4.99. The highest BCUT2D eigenvalue weighted by Crippen LogP contribution is 2.29. The second kappa shape index (κ2) is 4.35. The van der Waals surface area contributed by atoms with Gasteiger partial charge < -0.3 is 4.74 Å². The van der Waals surface area contributed by atoms with Crippen LogP contribution in [0.1, 0.15) is 10.4 Å². The van der Waals surface area contributed by atoms with Crippen LogP contribution < -0.4 is 0 Å². The molecule has 2 nitrogen and oxygen atoms in total. The Labute approximate surface area is 95.5 Å². The highest BCUT2D eigenvalue weighted by Gasteiger charge is 2.21. The normalized spacial score (nSPS) is 10.1. The summed E-state index contributed by atoms with van der Waals surface area (Å²) in [6.45, 7) is 0. The molecule has 0 aliphatic heterocycles. The zero-order valence-corrected chi connectivity index (χ0v) is 10.1. The molecule has 0 aromatic heterocycles. The van der Waals surface area contributed by atoms with Gasteiger partial charge in [0.05, 0.1) is 11.6 Å². The maximum absolute atomic E-state index is 13.3. The molecule has 1 aromatic carbocycles. The van der Waals surface area contributed by atoms with Crippen LogP contribution in [0, 0.1) is 11.6 Å². The first-order valence-electron chi connectivity index (χ1n) is 3.40. The summed E-state index contributed by atoms with van der Waals surface area (Å²) in [5.74, 6) is -2.64. The summed E-state index contributed by atoms with van der Waals surface area (Å²) in [6, 6.07) is 0.986. The van der Waals surface area contributed by atoms with Gasteiger partial charge in [-0.15, -0.1) is 0 Å². The number of hydrogen-bond donors (Lipinski definition) is 0. The van der Waals surface area contributed by atoms with Crippen LogP contribution in [0.15, 0.2) is 15.0 Å². The third kappa shape index (κ3) is 1.95. The molecule has 1 rings (SSSR count). The molecular weight excluding hydrogens is 326 g/mol. The quantitative estimate of drug-likeness (QED) is 0.449. The van der Waals surface area contributed by atoms with Gasteiger partial charge in [0.25, 0.3) is 0 Å². The number of carbonyl (C=O) groups is 1. The number of benzene rings is 1. The highest BCUT2D eigenvalue weighted by atomic mass is 79.9. The summed E-state index contributed by atoms with van der Waals surface area (Å²) in [5, 5.41) is 0. The predicted molar refractivity (Wildman–Crippen MR) is 53.1 cm³/mol. The third-order valence-electron chi connectivity index (χ3n) is 1.50. The topological polar surface area (TPSA) is 26.3 Å². The fourth-order valence-electron chi connectivity index (χ4n) is 0.855. The molecule has 0 saturated carbocycles. The van der Waals surface area contributed by atoms with E-state index in [1.807, 2.05) is 0 Å². The zero-order valence-electron chi connectivity index (χ0n) is 6.91. The van der Waals surface area contributed by atoms with Crippen molar-refractivity contribution in [2.45, 2.75) is 0 Å². The van der Waals surface area contributed by atoms with Gasteiger partial charge in [0.2, 0.25) is 0 Å². The van der Waals surface area contributed by atoms with E-state index in [0.29, 0.717) is 0 Å². The van der Waals surface area contributed by atoms with Crippen LogP contribution in [0.3, 0.4) is 0 Å². The van der Waals surface area contributed by atoms with Gasteiger partial charge >= 0.3 is 5.97 Å². The summed E-state index contributed by atoms with van der Waals surface area (Å²) in [7, 11) is 1.12. The van der Waals surface area contributed by atoms with Gasteiger partial charge in [-0.3, -0.25) is 0 Å². The molecule has 0 aliphatic carbocycles. The Morgan fingerprint density at radius 3 is 2.50 bits per heavy atom. The lowest BCUT2D eigenvalue weighted by Gasteiger charge is -2.06. The Morgan fingerprint density at radius 1 is 1.43 bits per heavy atom. The second-order valence-corrected chi connectivity index (χ2v) is 3.98. The van der Waals surface area contributed by atoms with Crippen LogP contribution in [-0.2, 0) is 4.74 Å². The minimum Gasteiger partial charge on any atom is -0.465 e. The molecule has 0 fully saturated rings. The van der Waals surface area contributed by atoms with Crippen molar-refractivity contribution < 1.29 is 18.3 Å². The van der Waals surface area contributed by atoms with E-state index in [2.05, 4.69) is 36.6 Å². The maximum atomic E-state index is 13.3. The van der Waals surface area contributed by atoms with Crippen LogP contribution in [-0.4, -0.2) is 13.1 Å². The van der Waals surface area contributed by atoms with Gasteiger partial charge in [-0.2, -0.15) is 0 Å². The van der Waals surface area contributed by atoms with Gasteiger partial charge in [0.15, 0.2) is 5.82 Å². The Balaban J connectivity index is 3.44. The van der Waals surface area contributed by atoms with Crippen molar-refractivity contribution in [1.29, 1.82) is 0 Å². The Hall–Kier alpha value is -0.490. The fourth-order valence-corrected chi connectivity index (χ4v) is 1.71. The molecule has 0 unspecified atom stereocenters. The van der Waals surface area contributed by atoms with E-state index in [1.54, 1.807) is 0 Å². The van der Waals surface area contributed by atoms with Crippen molar-refractivity contribution >= 4 is 37.8 Å². The number of ether oxygens (including phenoxy) is 1. The molecule has 0 saturated heterocycles. The van der Waals surface area contributed by atoms with Crippen LogP contribution in [0.25, 0.3) is 0 Å². The molecule has 0 bridgehead atoms. The summed E-state index contributed by atoms with van der Waals surface area (Å²) in [6.07, 6.45) is 0. The van der Waals surface area contributed by atoms with E-state index in [4.69, 9.17) is 0 Å². The molecule has 0 amide bonds. The van der Waals surface area contributed by atoms with Crippen molar-refractivity contribution in [1.82, 2.24) is 0 Å². The van der Waals surface area contributed by atoms with Crippen molar-refractivity contribution in [3.8, 4) is 0 Å². The average Bonchev–Trinajstić information content (AvgIpc) is 2.14.